The molecule has 0 spiro atoms. The summed E-state index contributed by atoms with van der Waals surface area (Å²) in [6, 6.07) is 2.67. The quantitative estimate of drug-likeness (QED) is 0.773. The predicted octanol–water partition coefficient (Wildman–Crippen LogP) is 3.20. The first-order valence-corrected chi connectivity index (χ1v) is 5.40. The predicted molar refractivity (Wildman–Crippen MR) is 59.7 cm³/mol. The molecule has 2 aromatic rings. The molecule has 2 rings (SSSR count). The lowest BCUT2D eigenvalue weighted by Crippen LogP contribution is -2.24. The number of Topliss-reactive ketones (excluding diaryl/α,β-unsaturated/α-hetero) is 1. The molecule has 0 amide bonds. The summed E-state index contributed by atoms with van der Waals surface area (Å²) < 4.78 is 38.5. The molecule has 6 heteroatoms. The molecule has 0 radical (unpaired) electrons. The third-order valence-electron chi connectivity index (χ3n) is 2.65. The third-order valence-corrected chi connectivity index (χ3v) is 2.65. The highest BCUT2D eigenvalue weighted by Crippen LogP contribution is 2.25. The van der Waals surface area contributed by atoms with Crippen LogP contribution in [0.4, 0.5) is 13.2 Å². The lowest BCUT2D eigenvalue weighted by atomic mass is 10.1. The summed E-state index contributed by atoms with van der Waals surface area (Å²) in [5.41, 5.74) is 0.806. The van der Waals surface area contributed by atoms with Crippen molar-refractivity contribution < 1.29 is 18.0 Å². The molecule has 0 bridgehead atoms. The fourth-order valence-corrected chi connectivity index (χ4v) is 1.84. The highest BCUT2D eigenvalue weighted by molar-refractivity contribution is 6.00. The van der Waals surface area contributed by atoms with E-state index in [-0.39, 0.29) is 11.6 Å². The van der Waals surface area contributed by atoms with Gasteiger partial charge in [-0.25, -0.2) is 0 Å². The molecule has 0 aromatic carbocycles. The largest absolute Gasteiger partial charge is 0.456 e. The molecule has 0 saturated carbocycles. The molecule has 0 saturated heterocycles. The van der Waals surface area contributed by atoms with Gasteiger partial charge in [0.15, 0.2) is 0 Å². The van der Waals surface area contributed by atoms with Gasteiger partial charge in [0.05, 0.1) is 16.9 Å². The van der Waals surface area contributed by atoms with Crippen LogP contribution in [-0.4, -0.2) is 21.3 Å². The molecular formula is C12H11F3N2O. The second-order valence-electron chi connectivity index (χ2n) is 4.27. The number of aromatic nitrogens is 2. The molecule has 0 aliphatic rings. The summed E-state index contributed by atoms with van der Waals surface area (Å²) in [6.45, 7) is 3.78. The van der Waals surface area contributed by atoms with Crippen LogP contribution in [-0.2, 0) is 0 Å². The highest BCUT2D eigenvalue weighted by Gasteiger charge is 2.40. The van der Waals surface area contributed by atoms with Crippen LogP contribution in [0.5, 0.6) is 0 Å². The smallest absolute Gasteiger partial charge is 0.310 e. The number of carbonyl (C=O) groups is 1. The van der Waals surface area contributed by atoms with Crippen molar-refractivity contribution in [2.24, 2.45) is 0 Å². The zero-order valence-corrected chi connectivity index (χ0v) is 9.82. The fraction of sp³-hybridized carbons (Fsp3) is 0.333. The van der Waals surface area contributed by atoms with Crippen molar-refractivity contribution >= 4 is 11.3 Å². The summed E-state index contributed by atoms with van der Waals surface area (Å²) in [4.78, 5) is 15.4. The molecule has 0 aliphatic carbocycles. The fourth-order valence-electron chi connectivity index (χ4n) is 1.84. The molecule has 0 atom stereocenters. The van der Waals surface area contributed by atoms with E-state index < -0.39 is 12.0 Å². The number of alkyl halides is 3. The van der Waals surface area contributed by atoms with Crippen molar-refractivity contribution in [1.29, 1.82) is 0 Å². The van der Waals surface area contributed by atoms with Crippen LogP contribution in [0.25, 0.3) is 5.52 Å². The van der Waals surface area contributed by atoms with Gasteiger partial charge in [-0.15, -0.1) is 0 Å². The number of hydrogen-bond acceptors (Lipinski definition) is 2. The van der Waals surface area contributed by atoms with E-state index in [0.717, 1.165) is 0 Å². The second-order valence-corrected chi connectivity index (χ2v) is 4.27. The molecule has 96 valence electrons. The van der Waals surface area contributed by atoms with Gasteiger partial charge in [-0.05, 0) is 18.1 Å². The monoisotopic (exact) mass is 256 g/mol. The van der Waals surface area contributed by atoms with E-state index in [0.29, 0.717) is 11.2 Å². The minimum atomic E-state index is -4.87. The number of nitrogens with zero attached hydrogens (tertiary/aromatic N) is 2. The van der Waals surface area contributed by atoms with Crippen LogP contribution in [0.2, 0.25) is 0 Å². The maximum Gasteiger partial charge on any atom is 0.456 e. The van der Waals surface area contributed by atoms with Crippen molar-refractivity contribution in [2.75, 3.05) is 0 Å². The summed E-state index contributed by atoms with van der Waals surface area (Å²) >= 11 is 0. The van der Waals surface area contributed by atoms with Gasteiger partial charge in [-0.1, -0.05) is 13.8 Å². The van der Waals surface area contributed by atoms with Crippen molar-refractivity contribution in [1.82, 2.24) is 9.38 Å². The van der Waals surface area contributed by atoms with Gasteiger partial charge in [-0.2, -0.15) is 13.2 Å². The number of carbonyl (C=O) groups excluding carboxylic acids is 1. The van der Waals surface area contributed by atoms with Crippen molar-refractivity contribution in [3.05, 3.63) is 35.9 Å². The Morgan fingerprint density at radius 3 is 2.56 bits per heavy atom. The Labute approximate surface area is 101 Å². The van der Waals surface area contributed by atoms with Crippen LogP contribution < -0.4 is 0 Å². The van der Waals surface area contributed by atoms with Crippen molar-refractivity contribution in [3.63, 3.8) is 0 Å². The molecule has 0 unspecified atom stereocenters. The molecule has 0 aliphatic heterocycles. The van der Waals surface area contributed by atoms with E-state index in [9.17, 15) is 18.0 Å². The first kappa shape index (κ1) is 12.6. The first-order chi connectivity index (χ1) is 8.32. The Morgan fingerprint density at radius 2 is 2.00 bits per heavy atom. The van der Waals surface area contributed by atoms with E-state index >= 15 is 0 Å². The van der Waals surface area contributed by atoms with E-state index in [1.165, 1.54) is 28.9 Å². The van der Waals surface area contributed by atoms with Gasteiger partial charge in [0.1, 0.15) is 0 Å². The van der Waals surface area contributed by atoms with Crippen LogP contribution in [0, 0.1) is 0 Å². The summed E-state index contributed by atoms with van der Waals surface area (Å²) in [7, 11) is 0. The molecule has 2 heterocycles. The second kappa shape index (κ2) is 4.12. The lowest BCUT2D eigenvalue weighted by Gasteiger charge is -2.09. The Bertz CT molecular complexity index is 599. The normalized spacial score (nSPS) is 12.3. The maximum absolute atomic E-state index is 12.4. The van der Waals surface area contributed by atoms with E-state index in [4.69, 9.17) is 0 Å². The number of fused-ring (bicyclic) bond motifs is 1. The first-order valence-electron chi connectivity index (χ1n) is 5.40. The Hall–Kier alpha value is -1.85. The molecular weight excluding hydrogens is 245 g/mol. The van der Waals surface area contributed by atoms with Crippen LogP contribution in [0.3, 0.4) is 0 Å². The van der Waals surface area contributed by atoms with E-state index in [2.05, 4.69) is 4.98 Å². The molecule has 3 nitrogen and oxygen atoms in total. The summed E-state index contributed by atoms with van der Waals surface area (Å²) in [6.07, 6.45) is -2.11. The zero-order chi connectivity index (χ0) is 13.5. The molecule has 0 N–H and O–H groups in total. The van der Waals surface area contributed by atoms with Gasteiger partial charge in [0, 0.05) is 12.4 Å². The van der Waals surface area contributed by atoms with E-state index in [1.54, 1.807) is 0 Å². The average molecular weight is 256 g/mol. The number of ketones is 1. The molecule has 2 aromatic heterocycles. The standard InChI is InChI=1S/C12H11F3N2O/c1-7(2)10-8-3-4-9(11(18)12(13,14)15)17(8)6-5-16-10/h3-7H,1-2H3. The minimum Gasteiger partial charge on any atom is -0.310 e. The number of halogens is 3. The highest BCUT2D eigenvalue weighted by atomic mass is 19.4. The zero-order valence-electron chi connectivity index (χ0n) is 9.82. The Balaban J connectivity index is 2.63. The Morgan fingerprint density at radius 1 is 1.33 bits per heavy atom. The topological polar surface area (TPSA) is 34.4 Å². The SMILES string of the molecule is CC(C)c1nccn2c(C(=O)C(F)(F)F)ccc12. The average Bonchev–Trinajstić information content (AvgIpc) is 2.69. The number of hydrogen-bond donors (Lipinski definition) is 0. The lowest BCUT2D eigenvalue weighted by molar-refractivity contribution is -0.0888. The van der Waals surface area contributed by atoms with Gasteiger partial charge in [-0.3, -0.25) is 9.78 Å². The van der Waals surface area contributed by atoms with Gasteiger partial charge in [0.25, 0.3) is 5.78 Å². The maximum atomic E-state index is 12.4. The van der Waals surface area contributed by atoms with Crippen molar-refractivity contribution in [3.8, 4) is 0 Å². The summed E-state index contributed by atoms with van der Waals surface area (Å²) in [5.74, 6) is -1.78. The van der Waals surface area contributed by atoms with Crippen molar-refractivity contribution in [2.45, 2.75) is 25.9 Å². The van der Waals surface area contributed by atoms with Gasteiger partial charge in [0.2, 0.25) is 0 Å². The molecule has 18 heavy (non-hydrogen) atoms. The van der Waals surface area contributed by atoms with Crippen LogP contribution in [0.15, 0.2) is 24.5 Å². The van der Waals surface area contributed by atoms with Gasteiger partial charge >= 0.3 is 6.18 Å². The Kier molecular flexibility index (Phi) is 2.88. The van der Waals surface area contributed by atoms with Crippen LogP contribution in [0.1, 0.15) is 35.9 Å². The molecule has 0 fully saturated rings. The minimum absolute atomic E-state index is 0.0671. The number of rotatable bonds is 2. The van der Waals surface area contributed by atoms with Gasteiger partial charge < -0.3 is 4.40 Å². The summed E-state index contributed by atoms with van der Waals surface area (Å²) in [5, 5.41) is 0. The van der Waals surface area contributed by atoms with E-state index in [1.807, 2.05) is 13.8 Å². The van der Waals surface area contributed by atoms with Crippen LogP contribution >= 0.6 is 0 Å². The third kappa shape index (κ3) is 1.98.